The van der Waals surface area contributed by atoms with E-state index in [1.54, 1.807) is 0 Å². The van der Waals surface area contributed by atoms with Gasteiger partial charge in [0.2, 0.25) is 0 Å². The fraction of sp³-hybridized carbons (Fsp3) is 1.00. The Kier molecular flexibility index (Phi) is 5.49. The summed E-state index contributed by atoms with van der Waals surface area (Å²) < 4.78 is 11.3. The molecule has 2 rings (SSSR count). The van der Waals surface area contributed by atoms with Gasteiger partial charge in [-0.1, -0.05) is 26.2 Å². The summed E-state index contributed by atoms with van der Waals surface area (Å²) in [5, 5.41) is 3.71. The van der Waals surface area contributed by atoms with Crippen LogP contribution < -0.4 is 5.32 Å². The van der Waals surface area contributed by atoms with E-state index in [-0.39, 0.29) is 0 Å². The highest BCUT2D eigenvalue weighted by Crippen LogP contribution is 2.30. The Hall–Kier alpha value is 0.110. The summed E-state index contributed by atoms with van der Waals surface area (Å²) in [4.78, 5) is 0. The van der Waals surface area contributed by atoms with Gasteiger partial charge < -0.3 is 5.32 Å². The fourth-order valence-corrected chi connectivity index (χ4v) is 4.47. The van der Waals surface area contributed by atoms with Crippen molar-refractivity contribution in [2.45, 2.75) is 57.9 Å². The van der Waals surface area contributed by atoms with E-state index in [0.717, 1.165) is 36.2 Å². The number of hydrogen-bond acceptors (Lipinski definition) is 2. The van der Waals surface area contributed by atoms with Gasteiger partial charge in [0.05, 0.1) is 0 Å². The first-order valence-electron chi connectivity index (χ1n) is 7.36. The second-order valence-corrected chi connectivity index (χ2v) is 7.52. The Labute approximate surface area is 108 Å². The van der Waals surface area contributed by atoms with Crippen LogP contribution in [0.15, 0.2) is 0 Å². The highest BCUT2D eigenvalue weighted by atomic mass is 32.2. The van der Waals surface area contributed by atoms with Gasteiger partial charge in [-0.25, -0.2) is 0 Å². The molecular weight excluding hydrogens is 230 g/mol. The van der Waals surface area contributed by atoms with Crippen molar-refractivity contribution < 1.29 is 4.21 Å². The fourth-order valence-electron chi connectivity index (χ4n) is 3.18. The third-order valence-electron chi connectivity index (χ3n) is 4.63. The van der Waals surface area contributed by atoms with Gasteiger partial charge in [-0.15, -0.1) is 0 Å². The Morgan fingerprint density at radius 2 is 1.59 bits per heavy atom. The summed E-state index contributed by atoms with van der Waals surface area (Å²) in [6.45, 7) is 3.53. The molecule has 1 aliphatic carbocycles. The molecule has 0 amide bonds. The Morgan fingerprint density at radius 3 is 2.18 bits per heavy atom. The van der Waals surface area contributed by atoms with Crippen LogP contribution in [0.4, 0.5) is 0 Å². The van der Waals surface area contributed by atoms with E-state index in [0.29, 0.717) is 6.04 Å². The minimum Gasteiger partial charge on any atom is -0.314 e. The number of hydrogen-bond donors (Lipinski definition) is 1. The van der Waals surface area contributed by atoms with Gasteiger partial charge in [0.25, 0.3) is 0 Å². The zero-order valence-corrected chi connectivity index (χ0v) is 11.9. The summed E-state index contributed by atoms with van der Waals surface area (Å²) in [5.41, 5.74) is 0. The average Bonchev–Trinajstić information content (AvgIpc) is 2.39. The maximum Gasteiger partial charge on any atom is 0.0249 e. The van der Waals surface area contributed by atoms with E-state index in [1.165, 1.54) is 38.6 Å². The van der Waals surface area contributed by atoms with Crippen molar-refractivity contribution >= 4 is 10.8 Å². The first-order chi connectivity index (χ1) is 8.28. The zero-order chi connectivity index (χ0) is 12.1. The van der Waals surface area contributed by atoms with Crippen LogP contribution in [0.2, 0.25) is 0 Å². The quantitative estimate of drug-likeness (QED) is 0.839. The molecule has 3 heteroatoms. The Balaban J connectivity index is 1.61. The van der Waals surface area contributed by atoms with Crippen LogP contribution in [0, 0.1) is 11.8 Å². The van der Waals surface area contributed by atoms with Gasteiger partial charge in [0.1, 0.15) is 0 Å². The van der Waals surface area contributed by atoms with Crippen molar-refractivity contribution in [2.75, 3.05) is 18.1 Å². The SMILES string of the molecule is CCC1CCC(CNC2CCS(=O)CC2)CC1. The second kappa shape index (κ2) is 6.89. The molecule has 0 aromatic rings. The largest absolute Gasteiger partial charge is 0.314 e. The lowest BCUT2D eigenvalue weighted by Crippen LogP contribution is -2.39. The summed E-state index contributed by atoms with van der Waals surface area (Å²) in [5.74, 6) is 3.74. The molecule has 17 heavy (non-hydrogen) atoms. The Bertz CT molecular complexity index is 239. The van der Waals surface area contributed by atoms with Crippen molar-refractivity contribution in [1.82, 2.24) is 5.32 Å². The van der Waals surface area contributed by atoms with Gasteiger partial charge in [-0.05, 0) is 44.1 Å². The molecule has 0 aromatic heterocycles. The smallest absolute Gasteiger partial charge is 0.0249 e. The van der Waals surface area contributed by atoms with Crippen LogP contribution in [0.25, 0.3) is 0 Å². The summed E-state index contributed by atoms with van der Waals surface area (Å²) in [6, 6.07) is 0.650. The van der Waals surface area contributed by atoms with Crippen molar-refractivity contribution in [3.05, 3.63) is 0 Å². The van der Waals surface area contributed by atoms with Gasteiger partial charge in [0.15, 0.2) is 0 Å². The van der Waals surface area contributed by atoms with Crippen molar-refractivity contribution in [2.24, 2.45) is 11.8 Å². The molecule has 100 valence electrons. The van der Waals surface area contributed by atoms with Crippen molar-refractivity contribution in [3.8, 4) is 0 Å². The molecule has 2 nitrogen and oxygen atoms in total. The molecular formula is C14H27NOS. The predicted molar refractivity (Wildman–Crippen MR) is 74.6 cm³/mol. The highest BCUT2D eigenvalue weighted by molar-refractivity contribution is 7.85. The lowest BCUT2D eigenvalue weighted by molar-refractivity contribution is 0.254. The zero-order valence-electron chi connectivity index (χ0n) is 11.1. The van der Waals surface area contributed by atoms with Crippen molar-refractivity contribution in [1.29, 1.82) is 0 Å². The molecule has 0 aromatic carbocycles. The van der Waals surface area contributed by atoms with Gasteiger partial charge >= 0.3 is 0 Å². The Morgan fingerprint density at radius 1 is 1.00 bits per heavy atom. The van der Waals surface area contributed by atoms with Crippen molar-refractivity contribution in [3.63, 3.8) is 0 Å². The summed E-state index contributed by atoms with van der Waals surface area (Å²) >= 11 is 0. The van der Waals surface area contributed by atoms with E-state index < -0.39 is 10.8 Å². The van der Waals surface area contributed by atoms with Crippen LogP contribution in [0.1, 0.15) is 51.9 Å². The van der Waals surface area contributed by atoms with E-state index in [1.807, 2.05) is 0 Å². The number of rotatable bonds is 4. The summed E-state index contributed by atoms with van der Waals surface area (Å²) in [6.07, 6.45) is 9.34. The van der Waals surface area contributed by atoms with E-state index in [2.05, 4.69) is 12.2 Å². The van der Waals surface area contributed by atoms with Crippen LogP contribution in [0.5, 0.6) is 0 Å². The average molecular weight is 257 g/mol. The monoisotopic (exact) mass is 257 g/mol. The third kappa shape index (κ3) is 4.36. The lowest BCUT2D eigenvalue weighted by Gasteiger charge is -2.30. The molecule has 0 radical (unpaired) electrons. The molecule has 0 unspecified atom stereocenters. The van der Waals surface area contributed by atoms with Crippen LogP contribution in [-0.4, -0.2) is 28.3 Å². The normalized spacial score (nSPS) is 39.1. The molecule has 2 fully saturated rings. The maximum atomic E-state index is 11.3. The molecule has 1 saturated heterocycles. The molecule has 0 bridgehead atoms. The number of nitrogens with one attached hydrogen (secondary N) is 1. The van der Waals surface area contributed by atoms with Crippen LogP contribution in [0.3, 0.4) is 0 Å². The highest BCUT2D eigenvalue weighted by Gasteiger charge is 2.22. The third-order valence-corrected chi connectivity index (χ3v) is 6.01. The predicted octanol–water partition coefficient (Wildman–Crippen LogP) is 2.70. The second-order valence-electron chi connectivity index (χ2n) is 5.83. The van der Waals surface area contributed by atoms with Gasteiger partial charge in [-0.2, -0.15) is 0 Å². The first-order valence-corrected chi connectivity index (χ1v) is 8.85. The van der Waals surface area contributed by atoms with Gasteiger partial charge in [-0.3, -0.25) is 4.21 Å². The minimum atomic E-state index is -0.515. The molecule has 1 saturated carbocycles. The topological polar surface area (TPSA) is 29.1 Å². The molecule has 0 atom stereocenters. The van der Waals surface area contributed by atoms with E-state index >= 15 is 0 Å². The van der Waals surface area contributed by atoms with E-state index in [9.17, 15) is 4.21 Å². The molecule has 0 spiro atoms. The standard InChI is InChI=1S/C14H27NOS/c1-2-12-3-5-13(6-4-12)11-15-14-7-9-17(16)10-8-14/h12-15H,2-11H2,1H3. The molecule has 1 heterocycles. The van der Waals surface area contributed by atoms with Crippen LogP contribution >= 0.6 is 0 Å². The van der Waals surface area contributed by atoms with E-state index in [4.69, 9.17) is 0 Å². The molecule has 1 N–H and O–H groups in total. The molecule has 1 aliphatic heterocycles. The first kappa shape index (κ1) is 13.5. The molecule has 2 aliphatic rings. The maximum absolute atomic E-state index is 11.3. The minimum absolute atomic E-state index is 0.515. The van der Waals surface area contributed by atoms with Crippen LogP contribution in [-0.2, 0) is 10.8 Å². The lowest BCUT2D eigenvalue weighted by atomic mass is 9.81. The summed E-state index contributed by atoms with van der Waals surface area (Å²) in [7, 11) is -0.515. The van der Waals surface area contributed by atoms with Gasteiger partial charge in [0, 0.05) is 28.3 Å².